The first-order valence-electron chi connectivity index (χ1n) is 9.60. The molecule has 5 heteroatoms. The summed E-state index contributed by atoms with van der Waals surface area (Å²) in [4.78, 5) is 13.5. The fourth-order valence-electron chi connectivity index (χ4n) is 2.85. The van der Waals surface area contributed by atoms with Gasteiger partial charge in [-0.15, -0.1) is 0 Å². The van der Waals surface area contributed by atoms with E-state index in [2.05, 4.69) is 20.8 Å². The maximum Gasteiger partial charge on any atom is 0.225 e. The summed E-state index contributed by atoms with van der Waals surface area (Å²) in [6.45, 7) is 6.82. The molecule has 1 rings (SSSR count). The number of hydrogen-bond acceptors (Lipinski definition) is 4. The fourth-order valence-corrected chi connectivity index (χ4v) is 2.85. The Morgan fingerprint density at radius 3 is 2.32 bits per heavy atom. The molecule has 0 N–H and O–H groups in total. The van der Waals surface area contributed by atoms with Crippen molar-refractivity contribution >= 4 is 5.91 Å². The van der Waals surface area contributed by atoms with E-state index in [0.29, 0.717) is 13.0 Å². The monoisotopic (exact) mass is 389 g/mol. The third-order valence-corrected chi connectivity index (χ3v) is 4.95. The molecule has 5 nitrogen and oxygen atoms in total. The number of rotatable bonds is 11. The molecule has 3 atom stereocenters. The lowest BCUT2D eigenvalue weighted by atomic mass is 9.87. The van der Waals surface area contributed by atoms with Gasteiger partial charge in [-0.1, -0.05) is 37.6 Å². The number of methoxy groups -OCH3 is 2. The minimum Gasteiger partial charge on any atom is -0.505 e. The van der Waals surface area contributed by atoms with Crippen LogP contribution in [-0.2, 0) is 20.9 Å². The first-order chi connectivity index (χ1) is 13.3. The fraction of sp³-hybridized carbons (Fsp3) is 0.522. The zero-order valence-corrected chi connectivity index (χ0v) is 18.3. The highest BCUT2D eigenvalue weighted by Crippen LogP contribution is 2.26. The highest BCUT2D eigenvalue weighted by Gasteiger charge is 2.24. The van der Waals surface area contributed by atoms with Crippen LogP contribution in [0.4, 0.5) is 0 Å². The minimum atomic E-state index is -0.0424. The molecule has 1 aromatic carbocycles. The Morgan fingerprint density at radius 1 is 1.14 bits per heavy atom. The van der Waals surface area contributed by atoms with E-state index in [1.807, 2.05) is 36.4 Å². The summed E-state index contributed by atoms with van der Waals surface area (Å²) < 4.78 is 16.6. The van der Waals surface area contributed by atoms with Gasteiger partial charge in [-0.3, -0.25) is 4.79 Å². The van der Waals surface area contributed by atoms with Gasteiger partial charge >= 0.3 is 0 Å². The molecule has 0 aliphatic rings. The molecule has 28 heavy (non-hydrogen) atoms. The molecule has 0 spiro atoms. The van der Waals surface area contributed by atoms with E-state index < -0.39 is 0 Å². The van der Waals surface area contributed by atoms with Crippen LogP contribution in [0.2, 0.25) is 0 Å². The average molecular weight is 390 g/mol. The molecular weight excluding hydrogens is 354 g/mol. The van der Waals surface area contributed by atoms with E-state index >= 15 is 0 Å². The van der Waals surface area contributed by atoms with Gasteiger partial charge in [0.15, 0.2) is 0 Å². The molecule has 0 unspecified atom stereocenters. The molecule has 0 radical (unpaired) electrons. The van der Waals surface area contributed by atoms with Gasteiger partial charge in [-0.25, -0.2) is 0 Å². The SMILES string of the molecule is CO/C=C/[C@@H](C)[C@@H](OCc1ccc(OC)cc1)[C@@H](C)/C(C)=C/CC(=O)N(C)C. The lowest BCUT2D eigenvalue weighted by molar-refractivity contribution is -0.127. The predicted molar refractivity (Wildman–Crippen MR) is 113 cm³/mol. The quantitative estimate of drug-likeness (QED) is 0.415. The van der Waals surface area contributed by atoms with Crippen molar-refractivity contribution in [3.8, 4) is 5.75 Å². The Morgan fingerprint density at radius 2 is 1.79 bits per heavy atom. The van der Waals surface area contributed by atoms with Crippen LogP contribution in [0.15, 0.2) is 48.3 Å². The van der Waals surface area contributed by atoms with E-state index in [1.165, 1.54) is 0 Å². The zero-order chi connectivity index (χ0) is 21.1. The maximum absolute atomic E-state index is 11.9. The van der Waals surface area contributed by atoms with Crippen LogP contribution in [0.1, 0.15) is 32.8 Å². The molecule has 0 heterocycles. The van der Waals surface area contributed by atoms with E-state index in [0.717, 1.165) is 16.9 Å². The van der Waals surface area contributed by atoms with Crippen LogP contribution in [0.5, 0.6) is 5.75 Å². The van der Waals surface area contributed by atoms with Crippen molar-refractivity contribution in [3.63, 3.8) is 0 Å². The topological polar surface area (TPSA) is 48.0 Å². The molecule has 0 saturated heterocycles. The first-order valence-corrected chi connectivity index (χ1v) is 9.60. The van der Waals surface area contributed by atoms with E-state index in [4.69, 9.17) is 14.2 Å². The van der Waals surface area contributed by atoms with Crippen molar-refractivity contribution in [2.75, 3.05) is 28.3 Å². The molecule has 0 fully saturated rings. The second kappa shape index (κ2) is 12.2. The van der Waals surface area contributed by atoms with Crippen LogP contribution >= 0.6 is 0 Å². The van der Waals surface area contributed by atoms with Crippen molar-refractivity contribution in [1.82, 2.24) is 4.90 Å². The summed E-state index contributed by atoms with van der Waals surface area (Å²) in [6, 6.07) is 7.89. The standard InChI is InChI=1S/C23H35NO4/c1-17(8-13-22(25)24(4)5)19(3)23(18(2)14-15-26-6)28-16-20-9-11-21(27-7)12-10-20/h8-12,14-15,18-19,23H,13,16H2,1-7H3/b15-14+,17-8+/t18-,19+,23-/m1/s1. The van der Waals surface area contributed by atoms with Crippen LogP contribution in [0, 0.1) is 11.8 Å². The minimum absolute atomic E-state index is 0.0424. The van der Waals surface area contributed by atoms with Crippen molar-refractivity contribution in [1.29, 1.82) is 0 Å². The maximum atomic E-state index is 11.9. The summed E-state index contributed by atoms with van der Waals surface area (Å²) in [6.07, 6.45) is 6.06. The van der Waals surface area contributed by atoms with E-state index in [1.54, 1.807) is 39.5 Å². The van der Waals surface area contributed by atoms with Crippen molar-refractivity contribution in [3.05, 3.63) is 53.8 Å². The van der Waals surface area contributed by atoms with E-state index in [9.17, 15) is 4.79 Å². The van der Waals surface area contributed by atoms with Gasteiger partial charge in [0.05, 0.1) is 33.2 Å². The second-order valence-corrected chi connectivity index (χ2v) is 7.28. The number of ether oxygens (including phenoxy) is 3. The molecule has 0 aliphatic heterocycles. The normalized spacial score (nSPS) is 15.2. The molecule has 0 aromatic heterocycles. The Kier molecular flexibility index (Phi) is 10.4. The summed E-state index contributed by atoms with van der Waals surface area (Å²) in [5.41, 5.74) is 2.23. The van der Waals surface area contributed by atoms with Crippen LogP contribution in [0.25, 0.3) is 0 Å². The zero-order valence-electron chi connectivity index (χ0n) is 18.3. The third kappa shape index (κ3) is 7.77. The highest BCUT2D eigenvalue weighted by atomic mass is 16.5. The Hall–Kier alpha value is -2.27. The number of carbonyl (C=O) groups is 1. The number of nitrogens with zero attached hydrogens (tertiary/aromatic N) is 1. The number of amides is 1. The number of carbonyl (C=O) groups excluding carboxylic acids is 1. The van der Waals surface area contributed by atoms with Gasteiger partial charge < -0.3 is 19.1 Å². The third-order valence-electron chi connectivity index (χ3n) is 4.95. The molecule has 0 aliphatic carbocycles. The smallest absolute Gasteiger partial charge is 0.225 e. The Bertz CT molecular complexity index is 649. The van der Waals surface area contributed by atoms with Gasteiger partial charge in [0.1, 0.15) is 5.75 Å². The Balaban J connectivity index is 2.88. The van der Waals surface area contributed by atoms with Gasteiger partial charge in [0.25, 0.3) is 0 Å². The summed E-state index contributed by atoms with van der Waals surface area (Å²) in [7, 11) is 6.84. The average Bonchev–Trinajstić information content (AvgIpc) is 2.70. The summed E-state index contributed by atoms with van der Waals surface area (Å²) in [5.74, 6) is 1.23. The number of benzene rings is 1. The second-order valence-electron chi connectivity index (χ2n) is 7.28. The Labute approximate surface area is 170 Å². The molecule has 1 amide bonds. The van der Waals surface area contributed by atoms with Gasteiger partial charge in [-0.05, 0) is 30.7 Å². The van der Waals surface area contributed by atoms with E-state index in [-0.39, 0.29) is 23.8 Å². The predicted octanol–water partition coefficient (Wildman–Crippen LogP) is 4.44. The lowest BCUT2D eigenvalue weighted by Crippen LogP contribution is -2.29. The van der Waals surface area contributed by atoms with Crippen molar-refractivity contribution < 1.29 is 19.0 Å². The van der Waals surface area contributed by atoms with Gasteiger partial charge in [-0.2, -0.15) is 0 Å². The molecule has 0 bridgehead atoms. The highest BCUT2D eigenvalue weighted by molar-refractivity contribution is 5.77. The summed E-state index contributed by atoms with van der Waals surface area (Å²) in [5, 5.41) is 0. The molecular formula is C23H35NO4. The van der Waals surface area contributed by atoms with Gasteiger partial charge in [0.2, 0.25) is 5.91 Å². The molecule has 1 aromatic rings. The van der Waals surface area contributed by atoms with Crippen LogP contribution < -0.4 is 4.74 Å². The van der Waals surface area contributed by atoms with Crippen molar-refractivity contribution in [2.24, 2.45) is 11.8 Å². The molecule has 156 valence electrons. The number of hydrogen-bond donors (Lipinski definition) is 0. The largest absolute Gasteiger partial charge is 0.505 e. The lowest BCUT2D eigenvalue weighted by Gasteiger charge is -2.29. The van der Waals surface area contributed by atoms with Crippen LogP contribution in [-0.4, -0.2) is 45.2 Å². The van der Waals surface area contributed by atoms with Gasteiger partial charge in [0, 0.05) is 32.4 Å². The molecule has 0 saturated carbocycles. The van der Waals surface area contributed by atoms with Crippen molar-refractivity contribution in [2.45, 2.75) is 39.9 Å². The first kappa shape index (κ1) is 23.8. The van der Waals surface area contributed by atoms with Crippen LogP contribution in [0.3, 0.4) is 0 Å². The summed E-state index contributed by atoms with van der Waals surface area (Å²) >= 11 is 0.